The van der Waals surface area contributed by atoms with E-state index in [-0.39, 0.29) is 0 Å². The molecule has 10 heavy (non-hydrogen) atoms. The Morgan fingerprint density at radius 3 is 3.00 bits per heavy atom. The first-order valence-electron chi connectivity index (χ1n) is 2.68. The van der Waals surface area contributed by atoms with Crippen molar-refractivity contribution in [3.63, 3.8) is 0 Å². The van der Waals surface area contributed by atoms with Crippen molar-refractivity contribution in [3.05, 3.63) is 11.8 Å². The lowest BCUT2D eigenvalue weighted by Crippen LogP contribution is -2.06. The highest BCUT2D eigenvalue weighted by Gasteiger charge is 1.97. The summed E-state index contributed by atoms with van der Waals surface area (Å²) in [6, 6.07) is 1.76. The number of carbonyl (C=O) groups excluding carboxylic acids is 1. The molecule has 1 aromatic rings. The molecule has 1 aromatic heterocycles. The minimum absolute atomic E-state index is 0.552. The lowest BCUT2D eigenvalue weighted by molar-refractivity contribution is 0.269. The van der Waals surface area contributed by atoms with Gasteiger partial charge in [0.2, 0.25) is 7.85 Å². The van der Waals surface area contributed by atoms with Gasteiger partial charge >= 0.3 is 0 Å². The van der Waals surface area contributed by atoms with Crippen LogP contribution in [-0.2, 0) is 0 Å². The summed E-state index contributed by atoms with van der Waals surface area (Å²) in [5, 5.41) is 3.11. The van der Waals surface area contributed by atoms with Gasteiger partial charge in [0.15, 0.2) is 5.81 Å². The zero-order valence-electron chi connectivity index (χ0n) is 5.42. The number of rotatable bonds is 1. The first-order valence-corrected chi connectivity index (χ1v) is 3.45. The Morgan fingerprint density at radius 2 is 2.60 bits per heavy atom. The van der Waals surface area contributed by atoms with Crippen molar-refractivity contribution in [2.45, 2.75) is 6.92 Å². The monoisotopic (exact) mass is 152 g/mol. The zero-order valence-corrected chi connectivity index (χ0v) is 6.23. The summed E-state index contributed by atoms with van der Waals surface area (Å²) in [4.78, 5) is 10.3. The van der Waals surface area contributed by atoms with Gasteiger partial charge in [0.25, 0.3) is 0 Å². The Labute approximate surface area is 64.0 Å². The van der Waals surface area contributed by atoms with E-state index in [2.05, 4.69) is 9.69 Å². The zero-order chi connectivity index (χ0) is 7.56. The molecule has 0 saturated carbocycles. The van der Waals surface area contributed by atoms with Crippen molar-refractivity contribution in [2.75, 3.05) is 5.32 Å². The van der Waals surface area contributed by atoms with E-state index in [0.29, 0.717) is 5.00 Å². The smallest absolute Gasteiger partial charge is 0.201 e. The first kappa shape index (κ1) is 7.27. The Hall–Kier alpha value is -0.835. The van der Waals surface area contributed by atoms with E-state index in [1.54, 1.807) is 6.07 Å². The van der Waals surface area contributed by atoms with Gasteiger partial charge in [0, 0.05) is 0 Å². The minimum Gasteiger partial charge on any atom is -0.327 e. The fraction of sp³-hybridized carbons (Fsp3) is 0.200. The van der Waals surface area contributed by atoms with Crippen LogP contribution in [0.3, 0.4) is 0 Å². The van der Waals surface area contributed by atoms with E-state index in [9.17, 15) is 4.79 Å². The maximum atomic E-state index is 10.3. The molecule has 1 N–H and O–H groups in total. The van der Waals surface area contributed by atoms with E-state index in [1.807, 2.05) is 6.92 Å². The van der Waals surface area contributed by atoms with Gasteiger partial charge in [0.1, 0.15) is 5.00 Å². The summed E-state index contributed by atoms with van der Waals surface area (Å²) in [5.41, 5.74) is 0.883. The lowest BCUT2D eigenvalue weighted by Gasteiger charge is -1.92. The molecule has 0 aliphatic carbocycles. The number of hydrogen-bond donors (Lipinski definition) is 1. The molecule has 0 saturated heterocycles. The van der Waals surface area contributed by atoms with Crippen LogP contribution in [0.15, 0.2) is 6.07 Å². The lowest BCUT2D eigenvalue weighted by atomic mass is 10.1. The van der Waals surface area contributed by atoms with Crippen LogP contribution in [0.5, 0.6) is 0 Å². The van der Waals surface area contributed by atoms with Crippen LogP contribution in [0.1, 0.15) is 5.69 Å². The molecule has 5 heteroatoms. The number of aryl methyl sites for hydroxylation is 1. The maximum absolute atomic E-state index is 10.3. The SMILES string of the molecule is [B]C(=O)Nc1cc(C)ns1. The summed E-state index contributed by atoms with van der Waals surface area (Å²) in [7, 11) is 4.86. The Balaban J connectivity index is 2.67. The van der Waals surface area contributed by atoms with Crippen LogP contribution in [0.25, 0.3) is 0 Å². The standard InChI is InChI=1S/C5H5BN2OS/c1-3-2-4(10-8-3)7-5(6)9/h2H,1H3,(H,7,9). The van der Waals surface area contributed by atoms with Gasteiger partial charge in [-0.2, -0.15) is 4.37 Å². The van der Waals surface area contributed by atoms with Gasteiger partial charge in [-0.05, 0) is 24.5 Å². The van der Waals surface area contributed by atoms with Gasteiger partial charge in [-0.15, -0.1) is 0 Å². The average Bonchev–Trinajstić information content (AvgIpc) is 2.13. The number of aromatic nitrogens is 1. The van der Waals surface area contributed by atoms with Crippen LogP contribution in [0.4, 0.5) is 9.80 Å². The molecule has 1 amide bonds. The third kappa shape index (κ3) is 1.84. The molecule has 0 atom stereocenters. The highest BCUT2D eigenvalue weighted by atomic mass is 32.1. The summed E-state index contributed by atoms with van der Waals surface area (Å²) < 4.78 is 3.94. The van der Waals surface area contributed by atoms with E-state index < -0.39 is 5.81 Å². The van der Waals surface area contributed by atoms with Crippen molar-refractivity contribution in [1.82, 2.24) is 4.37 Å². The van der Waals surface area contributed by atoms with Crippen molar-refractivity contribution in [3.8, 4) is 0 Å². The minimum atomic E-state index is -0.552. The molecular formula is C5H5BN2OS. The third-order valence-electron chi connectivity index (χ3n) is 0.874. The van der Waals surface area contributed by atoms with Crippen molar-refractivity contribution in [1.29, 1.82) is 0 Å². The fourth-order valence-corrected chi connectivity index (χ4v) is 1.21. The van der Waals surface area contributed by atoms with Crippen LogP contribution in [-0.4, -0.2) is 18.0 Å². The third-order valence-corrected chi connectivity index (χ3v) is 1.67. The molecule has 1 rings (SSSR count). The number of nitrogens with one attached hydrogen (secondary N) is 1. The maximum Gasteiger partial charge on any atom is 0.201 e. The quantitative estimate of drug-likeness (QED) is 0.613. The van der Waals surface area contributed by atoms with Gasteiger partial charge in [-0.3, -0.25) is 4.79 Å². The van der Waals surface area contributed by atoms with Gasteiger partial charge in [0.05, 0.1) is 5.69 Å². The van der Waals surface area contributed by atoms with Crippen LogP contribution < -0.4 is 5.32 Å². The molecule has 50 valence electrons. The molecule has 0 aliphatic heterocycles. The molecule has 0 spiro atoms. The summed E-state index contributed by atoms with van der Waals surface area (Å²) in [6.45, 7) is 1.85. The molecule has 0 aliphatic rings. The van der Waals surface area contributed by atoms with Gasteiger partial charge < -0.3 is 5.32 Å². The van der Waals surface area contributed by atoms with E-state index in [0.717, 1.165) is 5.69 Å². The normalized spacial score (nSPS) is 9.30. The molecule has 0 bridgehead atoms. The van der Waals surface area contributed by atoms with E-state index >= 15 is 0 Å². The van der Waals surface area contributed by atoms with Gasteiger partial charge in [-0.25, -0.2) is 0 Å². The highest BCUT2D eigenvalue weighted by molar-refractivity contribution is 7.10. The van der Waals surface area contributed by atoms with Crippen molar-refractivity contribution < 1.29 is 4.79 Å². The predicted octanol–water partition coefficient (Wildman–Crippen LogP) is 1.15. The Kier molecular flexibility index (Phi) is 2.06. The summed E-state index contributed by atoms with van der Waals surface area (Å²) in [6.07, 6.45) is 0. The second-order valence-electron chi connectivity index (χ2n) is 1.82. The second-order valence-corrected chi connectivity index (χ2v) is 2.63. The van der Waals surface area contributed by atoms with E-state index in [4.69, 9.17) is 7.85 Å². The molecular weight excluding hydrogens is 147 g/mol. The summed E-state index contributed by atoms with van der Waals surface area (Å²) >= 11 is 1.22. The fourth-order valence-electron chi connectivity index (χ4n) is 0.544. The Bertz CT molecular complexity index is 248. The van der Waals surface area contributed by atoms with Crippen LogP contribution in [0.2, 0.25) is 0 Å². The first-order chi connectivity index (χ1) is 4.68. The number of nitrogens with zero attached hydrogens (tertiary/aromatic N) is 1. The number of hydrogen-bond acceptors (Lipinski definition) is 3. The number of carbonyl (C=O) groups is 1. The number of anilines is 1. The second kappa shape index (κ2) is 2.83. The van der Waals surface area contributed by atoms with Gasteiger partial charge in [-0.1, -0.05) is 0 Å². The molecule has 2 radical (unpaired) electrons. The van der Waals surface area contributed by atoms with Crippen LogP contribution >= 0.6 is 11.5 Å². The predicted molar refractivity (Wildman–Crippen MR) is 41.6 cm³/mol. The average molecular weight is 152 g/mol. The van der Waals surface area contributed by atoms with E-state index in [1.165, 1.54) is 11.5 Å². The molecule has 0 aromatic carbocycles. The Morgan fingerprint density at radius 1 is 1.90 bits per heavy atom. The van der Waals surface area contributed by atoms with Crippen molar-refractivity contribution in [2.24, 2.45) is 0 Å². The number of amides is 1. The van der Waals surface area contributed by atoms with Crippen LogP contribution in [0, 0.1) is 6.92 Å². The molecule has 0 fully saturated rings. The molecule has 1 heterocycles. The largest absolute Gasteiger partial charge is 0.327 e. The highest BCUT2D eigenvalue weighted by Crippen LogP contribution is 2.14. The summed E-state index contributed by atoms with van der Waals surface area (Å²) in [5.74, 6) is -0.552. The molecule has 3 nitrogen and oxygen atoms in total. The molecule has 0 unspecified atom stereocenters. The van der Waals surface area contributed by atoms with Crippen molar-refractivity contribution >= 4 is 30.2 Å². The topological polar surface area (TPSA) is 42.0 Å².